The molecule has 0 atom stereocenters. The lowest BCUT2D eigenvalue weighted by Gasteiger charge is -2.06. The highest BCUT2D eigenvalue weighted by atomic mass is 35.5. The Morgan fingerprint density at radius 2 is 1.64 bits per heavy atom. The van der Waals surface area contributed by atoms with E-state index in [4.69, 9.17) is 11.6 Å². The average molecular weight is 324 g/mol. The molecule has 3 nitrogen and oxygen atoms in total. The van der Waals surface area contributed by atoms with E-state index >= 15 is 0 Å². The van der Waals surface area contributed by atoms with Crippen LogP contribution in [0.25, 0.3) is 17.1 Å². The first-order valence-corrected chi connectivity index (χ1v) is 6.69. The fraction of sp³-hybridized carbons (Fsp3) is 0.0667. The van der Waals surface area contributed by atoms with Crippen LogP contribution in [-0.4, -0.2) is 14.8 Å². The Bertz CT molecular complexity index is 841. The second-order valence-electron chi connectivity index (χ2n) is 4.60. The number of hydrogen-bond donors (Lipinski definition) is 0. The molecular weight excluding hydrogens is 315 g/mol. The van der Waals surface area contributed by atoms with Gasteiger partial charge in [0.05, 0.1) is 11.3 Å². The molecule has 0 radical (unpaired) electrons. The summed E-state index contributed by atoms with van der Waals surface area (Å²) in [6.45, 7) is 1.68. The Labute approximate surface area is 129 Å². The monoisotopic (exact) mass is 323 g/mol. The van der Waals surface area contributed by atoms with Crippen molar-refractivity contribution in [1.82, 2.24) is 14.8 Å². The minimum Gasteiger partial charge on any atom is -0.206 e. The Morgan fingerprint density at radius 3 is 2.32 bits per heavy atom. The molecule has 0 saturated carbocycles. The van der Waals surface area contributed by atoms with Gasteiger partial charge in [0.25, 0.3) is 0 Å². The predicted molar refractivity (Wildman–Crippen MR) is 76.4 cm³/mol. The van der Waals surface area contributed by atoms with Crippen LogP contribution in [0.15, 0.2) is 36.4 Å². The summed E-state index contributed by atoms with van der Waals surface area (Å²) < 4.78 is 42.4. The molecule has 0 saturated heterocycles. The van der Waals surface area contributed by atoms with Crippen molar-refractivity contribution in [3.63, 3.8) is 0 Å². The number of benzene rings is 2. The molecule has 1 aromatic heterocycles. The Morgan fingerprint density at radius 1 is 1.00 bits per heavy atom. The first-order valence-electron chi connectivity index (χ1n) is 6.31. The maximum atomic E-state index is 14.1. The van der Waals surface area contributed by atoms with Crippen LogP contribution in [0.4, 0.5) is 13.2 Å². The zero-order chi connectivity index (χ0) is 15.9. The van der Waals surface area contributed by atoms with Gasteiger partial charge in [-0.15, -0.1) is 5.10 Å². The Kier molecular flexibility index (Phi) is 3.62. The van der Waals surface area contributed by atoms with Crippen molar-refractivity contribution in [2.24, 2.45) is 0 Å². The molecule has 0 unspecified atom stereocenters. The molecule has 0 N–H and O–H groups in total. The van der Waals surface area contributed by atoms with Crippen molar-refractivity contribution >= 4 is 11.6 Å². The van der Waals surface area contributed by atoms with Gasteiger partial charge in [-0.2, -0.15) is 14.1 Å². The highest BCUT2D eigenvalue weighted by molar-refractivity contribution is 6.31. The summed E-state index contributed by atoms with van der Waals surface area (Å²) in [6.07, 6.45) is -0.983. The van der Waals surface area contributed by atoms with Gasteiger partial charge < -0.3 is 0 Å². The molecule has 2 aromatic carbocycles. The van der Waals surface area contributed by atoms with Gasteiger partial charge in [-0.25, -0.2) is 8.78 Å². The zero-order valence-corrected chi connectivity index (χ0v) is 12.1. The maximum Gasteiger partial charge on any atom is 0.312 e. The van der Waals surface area contributed by atoms with Gasteiger partial charge in [0.1, 0.15) is 11.6 Å². The molecule has 0 aliphatic rings. The molecule has 0 spiro atoms. The average Bonchev–Trinajstić information content (AvgIpc) is 2.83. The van der Waals surface area contributed by atoms with Crippen molar-refractivity contribution in [3.05, 3.63) is 64.7 Å². The first-order chi connectivity index (χ1) is 10.5. The van der Waals surface area contributed by atoms with E-state index in [0.717, 1.165) is 16.8 Å². The molecule has 7 heteroatoms. The molecule has 3 aromatic rings. The molecule has 0 amide bonds. The van der Waals surface area contributed by atoms with E-state index in [-0.39, 0.29) is 5.82 Å². The van der Waals surface area contributed by atoms with E-state index in [1.165, 1.54) is 6.07 Å². The van der Waals surface area contributed by atoms with Crippen LogP contribution in [-0.2, 0) is 0 Å². The van der Waals surface area contributed by atoms with Crippen molar-refractivity contribution in [3.8, 4) is 17.1 Å². The Balaban J connectivity index is 2.18. The van der Waals surface area contributed by atoms with Gasteiger partial charge in [0, 0.05) is 5.02 Å². The van der Waals surface area contributed by atoms with E-state index in [2.05, 4.69) is 10.1 Å². The van der Waals surface area contributed by atoms with Crippen LogP contribution >= 0.6 is 11.6 Å². The third-order valence-electron chi connectivity index (χ3n) is 3.22. The predicted octanol–water partition coefficient (Wildman–Crippen LogP) is 4.31. The van der Waals surface area contributed by atoms with Crippen LogP contribution < -0.4 is 0 Å². The molecule has 0 aliphatic carbocycles. The summed E-state index contributed by atoms with van der Waals surface area (Å²) in [7, 11) is 0. The smallest absolute Gasteiger partial charge is 0.206 e. The summed E-state index contributed by atoms with van der Waals surface area (Å²) in [6, 6.07) is 8.17. The highest BCUT2D eigenvalue weighted by Gasteiger charge is 2.20. The Hall–Kier alpha value is -2.34. The van der Waals surface area contributed by atoms with E-state index in [1.54, 1.807) is 25.1 Å². The van der Waals surface area contributed by atoms with Crippen LogP contribution in [0.2, 0.25) is 5.02 Å². The summed E-state index contributed by atoms with van der Waals surface area (Å²) in [5, 5.41) is 4.29. The largest absolute Gasteiger partial charge is 0.312 e. The van der Waals surface area contributed by atoms with Crippen molar-refractivity contribution in [2.75, 3.05) is 0 Å². The van der Waals surface area contributed by atoms with Gasteiger partial charge in [-0.1, -0.05) is 23.7 Å². The lowest BCUT2D eigenvalue weighted by Crippen LogP contribution is -2.03. The van der Waals surface area contributed by atoms with Gasteiger partial charge in [-0.05, 0) is 36.8 Å². The summed E-state index contributed by atoms with van der Waals surface area (Å²) in [5.74, 6) is -2.09. The minimum atomic E-state index is -0.983. The van der Waals surface area contributed by atoms with Gasteiger partial charge in [-0.3, -0.25) is 0 Å². The van der Waals surface area contributed by atoms with Crippen molar-refractivity contribution < 1.29 is 13.2 Å². The second kappa shape index (κ2) is 5.46. The molecule has 22 heavy (non-hydrogen) atoms. The van der Waals surface area contributed by atoms with E-state index in [0.29, 0.717) is 16.3 Å². The van der Waals surface area contributed by atoms with Crippen molar-refractivity contribution in [2.45, 2.75) is 6.92 Å². The third-order valence-corrected chi connectivity index (χ3v) is 3.63. The fourth-order valence-electron chi connectivity index (χ4n) is 2.09. The van der Waals surface area contributed by atoms with Crippen LogP contribution in [0.1, 0.15) is 5.56 Å². The number of rotatable bonds is 2. The van der Waals surface area contributed by atoms with Gasteiger partial charge >= 0.3 is 6.08 Å². The molecule has 3 rings (SSSR count). The molecule has 0 fully saturated rings. The lowest BCUT2D eigenvalue weighted by atomic mass is 10.2. The molecule has 0 bridgehead atoms. The highest BCUT2D eigenvalue weighted by Crippen LogP contribution is 2.26. The van der Waals surface area contributed by atoms with E-state index in [1.807, 2.05) is 0 Å². The molecule has 112 valence electrons. The van der Waals surface area contributed by atoms with E-state index < -0.39 is 23.3 Å². The topological polar surface area (TPSA) is 30.7 Å². The van der Waals surface area contributed by atoms with Crippen molar-refractivity contribution in [1.29, 1.82) is 0 Å². The van der Waals surface area contributed by atoms with E-state index in [9.17, 15) is 13.2 Å². The second-order valence-corrected chi connectivity index (χ2v) is 5.00. The zero-order valence-electron chi connectivity index (χ0n) is 11.3. The summed E-state index contributed by atoms with van der Waals surface area (Å²) in [4.78, 5) is 3.51. The van der Waals surface area contributed by atoms with Crippen LogP contribution in [0.5, 0.6) is 0 Å². The molecule has 1 heterocycles. The number of hydrogen-bond acceptors (Lipinski definition) is 2. The molecule has 0 aliphatic heterocycles. The first kappa shape index (κ1) is 14.6. The standard InChI is InChI=1S/C15H9ClF3N3/c1-8-9(16)4-2-7-12(8)22-15(19)20-14(21-22)13-10(17)5-3-6-11(13)18/h2-7H,1H3. The summed E-state index contributed by atoms with van der Waals surface area (Å²) in [5.41, 5.74) is 0.453. The van der Waals surface area contributed by atoms with Crippen LogP contribution in [0, 0.1) is 24.6 Å². The quantitative estimate of drug-likeness (QED) is 0.703. The number of aromatic nitrogens is 3. The summed E-state index contributed by atoms with van der Waals surface area (Å²) >= 11 is 5.99. The number of nitrogens with zero attached hydrogens (tertiary/aromatic N) is 3. The maximum absolute atomic E-state index is 14.1. The molecular formula is C15H9ClF3N3. The SMILES string of the molecule is Cc1c(Cl)cccc1-n1nc(-c2c(F)cccc2F)nc1F. The lowest BCUT2D eigenvalue weighted by molar-refractivity contribution is 0.506. The van der Waals surface area contributed by atoms with Crippen LogP contribution in [0.3, 0.4) is 0 Å². The van der Waals surface area contributed by atoms with Gasteiger partial charge in [0.2, 0.25) is 0 Å². The number of halogens is 4. The fourth-order valence-corrected chi connectivity index (χ4v) is 2.26. The normalized spacial score (nSPS) is 11.0. The third kappa shape index (κ3) is 2.35. The minimum absolute atomic E-state index is 0.348. The van der Waals surface area contributed by atoms with Gasteiger partial charge in [0.15, 0.2) is 5.82 Å².